The van der Waals surface area contributed by atoms with Crippen LogP contribution < -0.4 is 0 Å². The van der Waals surface area contributed by atoms with Crippen LogP contribution >= 0.6 is 0 Å². The Labute approximate surface area is 106 Å². The van der Waals surface area contributed by atoms with Crippen molar-refractivity contribution in [2.24, 2.45) is 0 Å². The number of aliphatic hydroxyl groups excluding tert-OH is 1. The fourth-order valence-corrected chi connectivity index (χ4v) is 3.04. The van der Waals surface area contributed by atoms with Crippen LogP contribution in [0.1, 0.15) is 13.8 Å². The lowest BCUT2D eigenvalue weighted by molar-refractivity contribution is -0.237. The van der Waals surface area contributed by atoms with Crippen LogP contribution in [-0.2, 0) is 18.9 Å². The zero-order chi connectivity index (χ0) is 13.1. The van der Waals surface area contributed by atoms with Crippen molar-refractivity contribution in [1.29, 1.82) is 0 Å². The second kappa shape index (κ2) is 3.65. The van der Waals surface area contributed by atoms with Gasteiger partial charge in [-0.25, -0.2) is 0 Å². The van der Waals surface area contributed by atoms with E-state index < -0.39 is 36.0 Å². The van der Waals surface area contributed by atoms with E-state index in [4.69, 9.17) is 18.9 Å². The molecule has 5 nitrogen and oxygen atoms in total. The van der Waals surface area contributed by atoms with Gasteiger partial charge in [-0.2, -0.15) is 0 Å². The van der Waals surface area contributed by atoms with Crippen LogP contribution in [0.2, 0.25) is 0 Å². The third-order valence-corrected chi connectivity index (χ3v) is 3.83. The van der Waals surface area contributed by atoms with E-state index in [1.54, 1.807) is 19.3 Å². The Balaban J connectivity index is 2.04. The predicted octanol–water partition coefficient (Wildman–Crippen LogP) is 0.735. The number of methoxy groups -OCH3 is 1. The lowest BCUT2D eigenvalue weighted by atomic mass is 9.78. The fraction of sp³-hybridized carbons (Fsp3) is 0.692. The molecule has 2 aliphatic heterocycles. The van der Waals surface area contributed by atoms with Crippen LogP contribution in [0.5, 0.6) is 0 Å². The number of hydrogen-bond donors (Lipinski definition) is 1. The third-order valence-electron chi connectivity index (χ3n) is 3.83. The van der Waals surface area contributed by atoms with Gasteiger partial charge in [-0.1, -0.05) is 18.7 Å². The maximum absolute atomic E-state index is 10.0. The van der Waals surface area contributed by atoms with Crippen LogP contribution in [0.3, 0.4) is 0 Å². The lowest BCUT2D eigenvalue weighted by Crippen LogP contribution is -2.56. The van der Waals surface area contributed by atoms with Gasteiger partial charge in [0.1, 0.15) is 18.3 Å². The molecule has 1 aliphatic carbocycles. The molecule has 3 rings (SSSR count). The Kier molecular flexibility index (Phi) is 2.50. The third kappa shape index (κ3) is 1.39. The normalized spacial score (nSPS) is 49.2. The Morgan fingerprint density at radius 2 is 2.06 bits per heavy atom. The van der Waals surface area contributed by atoms with Crippen molar-refractivity contribution in [3.63, 3.8) is 0 Å². The predicted molar refractivity (Wildman–Crippen MR) is 62.7 cm³/mol. The highest BCUT2D eigenvalue weighted by Gasteiger charge is 2.67. The summed E-state index contributed by atoms with van der Waals surface area (Å²) in [7, 11) is 1.57. The van der Waals surface area contributed by atoms with Crippen molar-refractivity contribution in [3.05, 3.63) is 24.3 Å². The molecule has 18 heavy (non-hydrogen) atoms. The largest absolute Gasteiger partial charge is 0.386 e. The summed E-state index contributed by atoms with van der Waals surface area (Å²) in [6, 6.07) is 0. The minimum Gasteiger partial charge on any atom is -0.386 e. The molecule has 0 unspecified atom stereocenters. The molecule has 0 saturated carbocycles. The molecule has 3 aliphatic rings. The average molecular weight is 254 g/mol. The van der Waals surface area contributed by atoms with Crippen molar-refractivity contribution in [1.82, 2.24) is 0 Å². The molecule has 2 heterocycles. The summed E-state index contributed by atoms with van der Waals surface area (Å²) in [5.74, 6) is -0.724. The first-order valence-corrected chi connectivity index (χ1v) is 6.02. The fourth-order valence-electron chi connectivity index (χ4n) is 3.04. The summed E-state index contributed by atoms with van der Waals surface area (Å²) < 4.78 is 23.0. The molecule has 0 aromatic carbocycles. The minimum absolute atomic E-state index is 0.422. The molecule has 0 aromatic heterocycles. The standard InChI is InChI=1S/C13H18O5/c1-7-5-6-8(14)9-13(7,15-4)10-11(16-9)18-12(2,3)17-10/h5-6,8-11,14H,1H2,2-4H3/t8-,9-,10+,11-,13-/m1/s1. The quantitative estimate of drug-likeness (QED) is 0.747. The number of fused-ring (bicyclic) bond motifs is 3. The summed E-state index contributed by atoms with van der Waals surface area (Å²) in [5.41, 5.74) is -0.152. The number of aliphatic hydroxyl groups is 1. The van der Waals surface area contributed by atoms with Gasteiger partial charge in [0.05, 0.1) is 0 Å². The van der Waals surface area contributed by atoms with Crippen molar-refractivity contribution < 1.29 is 24.1 Å². The Morgan fingerprint density at radius 3 is 2.72 bits per heavy atom. The molecule has 100 valence electrons. The highest BCUT2D eigenvalue weighted by atomic mass is 16.8. The summed E-state index contributed by atoms with van der Waals surface area (Å²) in [6.45, 7) is 7.65. The molecule has 5 heteroatoms. The van der Waals surface area contributed by atoms with E-state index in [0.717, 1.165) is 5.57 Å². The molecule has 2 saturated heterocycles. The van der Waals surface area contributed by atoms with Crippen molar-refractivity contribution in [2.45, 2.75) is 49.8 Å². The molecule has 2 fully saturated rings. The topological polar surface area (TPSA) is 57.2 Å². The second-order valence-corrected chi connectivity index (χ2v) is 5.35. The first-order chi connectivity index (χ1) is 8.40. The lowest BCUT2D eigenvalue weighted by Gasteiger charge is -2.41. The van der Waals surface area contributed by atoms with Crippen LogP contribution in [-0.4, -0.2) is 48.2 Å². The number of ether oxygens (including phenoxy) is 4. The van der Waals surface area contributed by atoms with Crippen LogP contribution in [0.4, 0.5) is 0 Å². The Hall–Kier alpha value is -0.720. The highest BCUT2D eigenvalue weighted by Crippen LogP contribution is 2.50. The molecule has 1 N–H and O–H groups in total. The molecule has 0 bridgehead atoms. The maximum Gasteiger partial charge on any atom is 0.191 e. The zero-order valence-electron chi connectivity index (χ0n) is 10.8. The van der Waals surface area contributed by atoms with Gasteiger partial charge in [-0.15, -0.1) is 0 Å². The molecule has 0 amide bonds. The van der Waals surface area contributed by atoms with Gasteiger partial charge in [0.25, 0.3) is 0 Å². The first kappa shape index (κ1) is 12.3. The van der Waals surface area contributed by atoms with E-state index in [1.165, 1.54) is 0 Å². The number of hydrogen-bond acceptors (Lipinski definition) is 5. The Bertz CT molecular complexity index is 416. The maximum atomic E-state index is 10.0. The smallest absolute Gasteiger partial charge is 0.191 e. The van der Waals surface area contributed by atoms with Gasteiger partial charge in [0, 0.05) is 7.11 Å². The van der Waals surface area contributed by atoms with Gasteiger partial charge >= 0.3 is 0 Å². The van der Waals surface area contributed by atoms with Gasteiger partial charge in [-0.05, 0) is 19.4 Å². The molecular weight excluding hydrogens is 236 g/mol. The van der Waals surface area contributed by atoms with Crippen molar-refractivity contribution >= 4 is 0 Å². The highest BCUT2D eigenvalue weighted by molar-refractivity contribution is 5.39. The van der Waals surface area contributed by atoms with E-state index in [-0.39, 0.29) is 0 Å². The van der Waals surface area contributed by atoms with Gasteiger partial charge < -0.3 is 24.1 Å². The number of rotatable bonds is 1. The Morgan fingerprint density at radius 1 is 1.33 bits per heavy atom. The van der Waals surface area contributed by atoms with E-state index in [2.05, 4.69) is 6.58 Å². The van der Waals surface area contributed by atoms with Crippen LogP contribution in [0.15, 0.2) is 24.3 Å². The summed E-state index contributed by atoms with van der Waals surface area (Å²) >= 11 is 0. The molecule has 0 radical (unpaired) electrons. The average Bonchev–Trinajstić information content (AvgIpc) is 2.75. The molecule has 0 spiro atoms. The monoisotopic (exact) mass is 254 g/mol. The van der Waals surface area contributed by atoms with E-state index in [9.17, 15) is 5.11 Å². The summed E-state index contributed by atoms with van der Waals surface area (Å²) in [5, 5.41) is 10.0. The SMILES string of the molecule is C=C1C=C[C@@H](O)[C@H]2O[C@@H]3OC(C)(C)O[C@@H]3[C@@]12OC. The molecule has 0 aromatic rings. The van der Waals surface area contributed by atoms with Gasteiger partial charge in [0.2, 0.25) is 0 Å². The van der Waals surface area contributed by atoms with Crippen molar-refractivity contribution in [3.8, 4) is 0 Å². The second-order valence-electron chi connectivity index (χ2n) is 5.35. The van der Waals surface area contributed by atoms with Crippen molar-refractivity contribution in [2.75, 3.05) is 7.11 Å². The van der Waals surface area contributed by atoms with E-state index in [1.807, 2.05) is 13.8 Å². The van der Waals surface area contributed by atoms with E-state index in [0.29, 0.717) is 0 Å². The minimum atomic E-state index is -0.882. The van der Waals surface area contributed by atoms with Gasteiger partial charge in [-0.3, -0.25) is 0 Å². The summed E-state index contributed by atoms with van der Waals surface area (Å²) in [4.78, 5) is 0. The van der Waals surface area contributed by atoms with Gasteiger partial charge in [0.15, 0.2) is 17.7 Å². The molecular formula is C13H18O5. The van der Waals surface area contributed by atoms with E-state index >= 15 is 0 Å². The van der Waals surface area contributed by atoms with Crippen LogP contribution in [0, 0.1) is 0 Å². The van der Waals surface area contributed by atoms with Crippen LogP contribution in [0.25, 0.3) is 0 Å². The zero-order valence-corrected chi connectivity index (χ0v) is 10.8. The molecule has 5 atom stereocenters. The summed E-state index contributed by atoms with van der Waals surface area (Å²) in [6.07, 6.45) is 1.13. The first-order valence-electron chi connectivity index (χ1n) is 6.02.